The second-order valence-corrected chi connectivity index (χ2v) is 9.97. The van der Waals surface area contributed by atoms with E-state index in [1.165, 1.54) is 15.6 Å². The molecule has 1 fully saturated rings. The van der Waals surface area contributed by atoms with Crippen molar-refractivity contribution < 1.29 is 13.2 Å². The molecule has 3 rings (SSSR count). The molecule has 1 aromatic heterocycles. The summed E-state index contributed by atoms with van der Waals surface area (Å²) in [6, 6.07) is 13.4. The molecule has 2 heterocycles. The summed E-state index contributed by atoms with van der Waals surface area (Å²) in [7, 11) is -3.42. The topological polar surface area (TPSA) is 57.7 Å². The van der Waals surface area contributed by atoms with Gasteiger partial charge in [-0.25, -0.2) is 8.42 Å². The van der Waals surface area contributed by atoms with Gasteiger partial charge in [0.15, 0.2) is 0 Å². The van der Waals surface area contributed by atoms with Gasteiger partial charge in [-0.15, -0.1) is 11.3 Å². The number of hydrogen-bond acceptors (Lipinski definition) is 4. The zero-order valence-corrected chi connectivity index (χ0v) is 17.2. The first-order valence-electron chi connectivity index (χ1n) is 9.38. The molecular weight excluding hydrogens is 380 g/mol. The molecule has 0 saturated carbocycles. The summed E-state index contributed by atoms with van der Waals surface area (Å²) < 4.78 is 27.2. The molecule has 0 aliphatic carbocycles. The fourth-order valence-electron chi connectivity index (χ4n) is 3.48. The summed E-state index contributed by atoms with van der Waals surface area (Å²) in [5.74, 6) is 0.0453. The summed E-state index contributed by atoms with van der Waals surface area (Å²) in [5.41, 5.74) is 1.12. The predicted octanol–water partition coefficient (Wildman–Crippen LogP) is 3.59. The Balaban J connectivity index is 1.62. The molecule has 1 aliphatic heterocycles. The number of piperidine rings is 1. The lowest BCUT2D eigenvalue weighted by atomic mass is 9.96. The van der Waals surface area contributed by atoms with Crippen molar-refractivity contribution in [3.8, 4) is 0 Å². The molecule has 146 valence electrons. The van der Waals surface area contributed by atoms with Crippen LogP contribution in [0.15, 0.2) is 52.1 Å². The molecule has 0 atom stereocenters. The van der Waals surface area contributed by atoms with Gasteiger partial charge in [0.05, 0.1) is 0 Å². The SMILES string of the molecule is CCCN(Cc1ccccc1)C(=O)C1CCN(S(=O)(=O)c2cccs2)CC1. The largest absolute Gasteiger partial charge is 0.338 e. The number of hydrogen-bond donors (Lipinski definition) is 0. The minimum atomic E-state index is -3.42. The average molecular weight is 407 g/mol. The van der Waals surface area contributed by atoms with E-state index in [1.54, 1.807) is 17.5 Å². The number of nitrogens with zero attached hydrogens (tertiary/aromatic N) is 2. The second-order valence-electron chi connectivity index (χ2n) is 6.86. The number of carbonyl (C=O) groups is 1. The molecule has 27 heavy (non-hydrogen) atoms. The summed E-state index contributed by atoms with van der Waals surface area (Å²) in [4.78, 5) is 15.0. The van der Waals surface area contributed by atoms with Crippen LogP contribution in [0.3, 0.4) is 0 Å². The van der Waals surface area contributed by atoms with E-state index in [9.17, 15) is 13.2 Å². The van der Waals surface area contributed by atoms with Gasteiger partial charge in [-0.05, 0) is 36.3 Å². The van der Waals surface area contributed by atoms with Crippen molar-refractivity contribution in [1.29, 1.82) is 0 Å². The minimum absolute atomic E-state index is 0.102. The fraction of sp³-hybridized carbons (Fsp3) is 0.450. The lowest BCUT2D eigenvalue weighted by Crippen LogP contribution is -2.44. The van der Waals surface area contributed by atoms with Crippen molar-refractivity contribution in [2.75, 3.05) is 19.6 Å². The Hall–Kier alpha value is -1.70. The van der Waals surface area contributed by atoms with Gasteiger partial charge in [0.25, 0.3) is 10.0 Å². The van der Waals surface area contributed by atoms with Crippen molar-refractivity contribution >= 4 is 27.3 Å². The first kappa shape index (κ1) is 20.0. The van der Waals surface area contributed by atoms with Crippen LogP contribution in [0.4, 0.5) is 0 Å². The third-order valence-corrected chi connectivity index (χ3v) is 8.19. The van der Waals surface area contributed by atoms with Crippen LogP contribution in [0, 0.1) is 5.92 Å². The number of rotatable bonds is 7. The summed E-state index contributed by atoms with van der Waals surface area (Å²) in [6.07, 6.45) is 2.07. The van der Waals surface area contributed by atoms with Gasteiger partial charge in [0.1, 0.15) is 4.21 Å². The van der Waals surface area contributed by atoms with Crippen LogP contribution in [0.5, 0.6) is 0 Å². The highest BCUT2D eigenvalue weighted by atomic mass is 32.2. The van der Waals surface area contributed by atoms with Crippen molar-refractivity contribution in [2.45, 2.75) is 36.9 Å². The first-order chi connectivity index (χ1) is 13.0. The Kier molecular flexibility index (Phi) is 6.68. The van der Waals surface area contributed by atoms with Crippen LogP contribution < -0.4 is 0 Å². The predicted molar refractivity (Wildman–Crippen MR) is 108 cm³/mol. The van der Waals surface area contributed by atoms with Gasteiger partial charge in [-0.1, -0.05) is 43.3 Å². The van der Waals surface area contributed by atoms with E-state index in [0.29, 0.717) is 36.7 Å². The average Bonchev–Trinajstić information content (AvgIpc) is 3.24. The van der Waals surface area contributed by atoms with Gasteiger partial charge in [-0.3, -0.25) is 4.79 Å². The molecule has 0 radical (unpaired) electrons. The molecule has 1 aliphatic rings. The molecule has 1 aromatic carbocycles. The zero-order valence-electron chi connectivity index (χ0n) is 15.6. The number of sulfonamides is 1. The van der Waals surface area contributed by atoms with Gasteiger partial charge in [-0.2, -0.15) is 4.31 Å². The van der Waals surface area contributed by atoms with Crippen molar-refractivity contribution in [3.63, 3.8) is 0 Å². The number of carbonyl (C=O) groups excluding carboxylic acids is 1. The maximum atomic E-state index is 13.0. The highest BCUT2D eigenvalue weighted by molar-refractivity contribution is 7.91. The van der Waals surface area contributed by atoms with E-state index in [0.717, 1.165) is 18.5 Å². The summed E-state index contributed by atoms with van der Waals surface area (Å²) in [5, 5.41) is 1.77. The molecule has 2 aromatic rings. The normalized spacial score (nSPS) is 16.3. The fourth-order valence-corrected chi connectivity index (χ4v) is 6.09. The van der Waals surface area contributed by atoms with E-state index >= 15 is 0 Å². The van der Waals surface area contributed by atoms with Crippen LogP contribution in [0.1, 0.15) is 31.7 Å². The molecule has 0 unspecified atom stereocenters. The van der Waals surface area contributed by atoms with Gasteiger partial charge >= 0.3 is 0 Å². The third-order valence-electron chi connectivity index (χ3n) is 4.91. The van der Waals surface area contributed by atoms with Crippen LogP contribution in [-0.2, 0) is 21.4 Å². The van der Waals surface area contributed by atoms with E-state index < -0.39 is 10.0 Å². The molecule has 1 saturated heterocycles. The standard InChI is InChI=1S/C20H26N2O3S2/c1-2-12-21(16-17-7-4-3-5-8-17)20(23)18-10-13-22(14-11-18)27(24,25)19-9-6-15-26-19/h3-9,15,18H,2,10-14,16H2,1H3. The molecule has 1 amide bonds. The van der Waals surface area contributed by atoms with Crippen LogP contribution in [-0.4, -0.2) is 43.2 Å². The summed E-state index contributed by atoms with van der Waals surface area (Å²) in [6.45, 7) is 4.22. The van der Waals surface area contributed by atoms with Crippen molar-refractivity contribution in [2.24, 2.45) is 5.92 Å². The van der Waals surface area contributed by atoms with E-state index in [4.69, 9.17) is 0 Å². The van der Waals surface area contributed by atoms with E-state index in [1.807, 2.05) is 35.2 Å². The monoisotopic (exact) mass is 406 g/mol. The van der Waals surface area contributed by atoms with Crippen LogP contribution >= 0.6 is 11.3 Å². The van der Waals surface area contributed by atoms with Crippen LogP contribution in [0.2, 0.25) is 0 Å². The third kappa shape index (κ3) is 4.78. The van der Waals surface area contributed by atoms with Crippen molar-refractivity contribution in [1.82, 2.24) is 9.21 Å². The Morgan fingerprint density at radius 3 is 2.44 bits per heavy atom. The molecule has 0 spiro atoms. The van der Waals surface area contributed by atoms with Crippen LogP contribution in [0.25, 0.3) is 0 Å². The molecule has 5 nitrogen and oxygen atoms in total. The van der Waals surface area contributed by atoms with Gasteiger partial charge in [0, 0.05) is 32.1 Å². The Bertz CT molecular complexity index is 827. The number of benzene rings is 1. The lowest BCUT2D eigenvalue weighted by molar-refractivity contribution is -0.137. The molecule has 0 bridgehead atoms. The molecular formula is C20H26N2O3S2. The van der Waals surface area contributed by atoms with Gasteiger partial charge < -0.3 is 4.90 Å². The molecule has 7 heteroatoms. The first-order valence-corrected chi connectivity index (χ1v) is 11.7. The zero-order chi connectivity index (χ0) is 19.3. The summed E-state index contributed by atoms with van der Waals surface area (Å²) >= 11 is 1.24. The van der Waals surface area contributed by atoms with E-state index in [-0.39, 0.29) is 11.8 Å². The second kappa shape index (κ2) is 8.99. The minimum Gasteiger partial charge on any atom is -0.338 e. The van der Waals surface area contributed by atoms with Gasteiger partial charge in [0.2, 0.25) is 5.91 Å². The Labute approximate surface area is 165 Å². The highest BCUT2D eigenvalue weighted by Crippen LogP contribution is 2.27. The maximum absolute atomic E-state index is 13.0. The lowest BCUT2D eigenvalue weighted by Gasteiger charge is -2.33. The quantitative estimate of drug-likeness (QED) is 0.706. The number of amides is 1. The van der Waals surface area contributed by atoms with E-state index in [2.05, 4.69) is 6.92 Å². The number of thiophene rings is 1. The smallest absolute Gasteiger partial charge is 0.252 e. The highest BCUT2D eigenvalue weighted by Gasteiger charge is 2.34. The van der Waals surface area contributed by atoms with Crippen molar-refractivity contribution in [3.05, 3.63) is 53.4 Å². The Morgan fingerprint density at radius 1 is 1.15 bits per heavy atom. The Morgan fingerprint density at radius 2 is 1.85 bits per heavy atom. The molecule has 0 N–H and O–H groups in total. The maximum Gasteiger partial charge on any atom is 0.252 e.